The number of amides is 2. The van der Waals surface area contributed by atoms with E-state index in [4.69, 9.17) is 4.74 Å². The predicted octanol–water partition coefficient (Wildman–Crippen LogP) is 1.86. The molecule has 2 amide bonds. The van der Waals surface area contributed by atoms with Crippen LogP contribution in [0.4, 0.5) is 4.79 Å². The molecule has 0 spiro atoms. The highest BCUT2D eigenvalue weighted by Crippen LogP contribution is 2.18. The van der Waals surface area contributed by atoms with E-state index in [1.165, 1.54) is 0 Å². The largest absolute Gasteiger partial charge is 0.466 e. The fourth-order valence-electron chi connectivity index (χ4n) is 3.10. The molecule has 1 aliphatic heterocycles. The molecule has 0 aliphatic carbocycles. The Balaban J connectivity index is 1.42. The minimum absolute atomic E-state index is 0.0777. The average Bonchev–Trinajstić information content (AvgIpc) is 3.04. The third kappa shape index (κ3) is 4.29. The second kappa shape index (κ2) is 8.00. The minimum Gasteiger partial charge on any atom is -0.466 e. The van der Waals surface area contributed by atoms with Crippen LogP contribution in [0.15, 0.2) is 30.6 Å². The van der Waals surface area contributed by atoms with Crippen LogP contribution in [0.2, 0.25) is 0 Å². The highest BCUT2D eigenvalue weighted by atomic mass is 16.5. The lowest BCUT2D eigenvalue weighted by Gasteiger charge is -2.30. The molecular weight excluding hydrogens is 320 g/mol. The van der Waals surface area contributed by atoms with E-state index in [1.54, 1.807) is 4.90 Å². The van der Waals surface area contributed by atoms with E-state index >= 15 is 0 Å². The third-order valence-corrected chi connectivity index (χ3v) is 4.47. The van der Waals surface area contributed by atoms with Crippen LogP contribution in [0.3, 0.4) is 0 Å². The van der Waals surface area contributed by atoms with Gasteiger partial charge in [0, 0.05) is 38.4 Å². The number of esters is 1. The first-order chi connectivity index (χ1) is 12.2. The molecule has 134 valence electrons. The van der Waals surface area contributed by atoms with E-state index in [-0.39, 0.29) is 17.9 Å². The molecule has 0 radical (unpaired) electrons. The summed E-state index contributed by atoms with van der Waals surface area (Å²) in [7, 11) is 0. The number of carbonyl (C=O) groups is 2. The highest BCUT2D eigenvalue weighted by Gasteiger charge is 2.27. The Morgan fingerprint density at radius 3 is 2.84 bits per heavy atom. The lowest BCUT2D eigenvalue weighted by atomic mass is 9.97. The standard InChI is InChI=1S/C18H24N4O3/c1-2-25-17(23)14-7-11-21(12-8-14)18(24)19-9-6-15-13-22-10-4-3-5-16(22)20-15/h3-5,10,13-14H,2,6-9,11-12H2,1H3,(H,19,24). The summed E-state index contributed by atoms with van der Waals surface area (Å²) in [5.74, 6) is -0.226. The van der Waals surface area contributed by atoms with E-state index in [9.17, 15) is 9.59 Å². The first-order valence-electron chi connectivity index (χ1n) is 8.79. The lowest BCUT2D eigenvalue weighted by molar-refractivity contribution is -0.149. The number of rotatable bonds is 5. The molecule has 0 unspecified atom stereocenters. The molecule has 2 aromatic rings. The van der Waals surface area contributed by atoms with Crippen LogP contribution < -0.4 is 5.32 Å². The fourth-order valence-corrected chi connectivity index (χ4v) is 3.10. The van der Waals surface area contributed by atoms with Gasteiger partial charge >= 0.3 is 12.0 Å². The number of aromatic nitrogens is 2. The van der Waals surface area contributed by atoms with Crippen LogP contribution >= 0.6 is 0 Å². The summed E-state index contributed by atoms with van der Waals surface area (Å²) in [6.07, 6.45) is 5.95. The van der Waals surface area contributed by atoms with Gasteiger partial charge < -0.3 is 19.4 Å². The van der Waals surface area contributed by atoms with Crippen LogP contribution in [0, 0.1) is 5.92 Å². The molecular formula is C18H24N4O3. The smallest absolute Gasteiger partial charge is 0.317 e. The van der Waals surface area contributed by atoms with Gasteiger partial charge in [-0.3, -0.25) is 4.79 Å². The van der Waals surface area contributed by atoms with Gasteiger partial charge in [0.1, 0.15) is 5.65 Å². The minimum atomic E-state index is -0.144. The average molecular weight is 344 g/mol. The van der Waals surface area contributed by atoms with Crippen molar-refractivity contribution in [2.75, 3.05) is 26.2 Å². The maximum Gasteiger partial charge on any atom is 0.317 e. The molecule has 1 N–H and O–H groups in total. The molecule has 0 saturated carbocycles. The van der Waals surface area contributed by atoms with Crippen LogP contribution in [0.5, 0.6) is 0 Å². The van der Waals surface area contributed by atoms with Gasteiger partial charge in [-0.15, -0.1) is 0 Å². The Morgan fingerprint density at radius 1 is 1.32 bits per heavy atom. The van der Waals surface area contributed by atoms with E-state index in [0.717, 1.165) is 11.3 Å². The molecule has 0 atom stereocenters. The van der Waals surface area contributed by atoms with Crippen molar-refractivity contribution in [1.29, 1.82) is 0 Å². The molecule has 3 rings (SSSR count). The number of nitrogens with one attached hydrogen (secondary N) is 1. The third-order valence-electron chi connectivity index (χ3n) is 4.47. The summed E-state index contributed by atoms with van der Waals surface area (Å²) < 4.78 is 7.02. The van der Waals surface area contributed by atoms with Crippen molar-refractivity contribution < 1.29 is 14.3 Å². The number of nitrogens with zero attached hydrogens (tertiary/aromatic N) is 3. The Kier molecular flexibility index (Phi) is 5.53. The predicted molar refractivity (Wildman–Crippen MR) is 93.2 cm³/mol. The van der Waals surface area contributed by atoms with Crippen LogP contribution in [0.25, 0.3) is 5.65 Å². The highest BCUT2D eigenvalue weighted by molar-refractivity contribution is 5.76. The Morgan fingerprint density at radius 2 is 2.12 bits per heavy atom. The quantitative estimate of drug-likeness (QED) is 0.840. The van der Waals surface area contributed by atoms with Crippen molar-refractivity contribution in [2.45, 2.75) is 26.2 Å². The van der Waals surface area contributed by atoms with Crippen LogP contribution in [-0.2, 0) is 16.0 Å². The molecule has 1 saturated heterocycles. The first kappa shape index (κ1) is 17.3. The van der Waals surface area contributed by atoms with Crippen molar-refractivity contribution in [3.63, 3.8) is 0 Å². The molecule has 25 heavy (non-hydrogen) atoms. The normalized spacial score (nSPS) is 15.3. The maximum absolute atomic E-state index is 12.2. The van der Waals surface area contributed by atoms with E-state index in [1.807, 2.05) is 41.9 Å². The van der Waals surface area contributed by atoms with Crippen LogP contribution in [0.1, 0.15) is 25.5 Å². The number of imidazole rings is 1. The van der Waals surface area contributed by atoms with Crippen molar-refractivity contribution in [1.82, 2.24) is 19.6 Å². The number of hydrogen-bond acceptors (Lipinski definition) is 4. The number of hydrogen-bond donors (Lipinski definition) is 1. The zero-order valence-corrected chi connectivity index (χ0v) is 14.5. The summed E-state index contributed by atoms with van der Waals surface area (Å²) in [4.78, 5) is 30.2. The Hall–Kier alpha value is -2.57. The zero-order valence-electron chi connectivity index (χ0n) is 14.5. The number of carbonyl (C=O) groups excluding carboxylic acids is 2. The Bertz CT molecular complexity index is 702. The molecule has 7 nitrogen and oxygen atoms in total. The number of fused-ring (bicyclic) bond motifs is 1. The summed E-state index contributed by atoms with van der Waals surface area (Å²) in [6.45, 7) is 3.93. The monoisotopic (exact) mass is 344 g/mol. The number of likely N-dealkylation sites (tertiary alicyclic amines) is 1. The first-order valence-corrected chi connectivity index (χ1v) is 8.79. The topological polar surface area (TPSA) is 75.9 Å². The van der Waals surface area contributed by atoms with Crippen molar-refractivity contribution >= 4 is 17.6 Å². The molecule has 1 aliphatic rings. The number of urea groups is 1. The van der Waals surface area contributed by atoms with E-state index < -0.39 is 0 Å². The van der Waals surface area contributed by atoms with Gasteiger partial charge in [0.25, 0.3) is 0 Å². The maximum atomic E-state index is 12.2. The van der Waals surface area contributed by atoms with Crippen molar-refractivity contribution in [3.05, 3.63) is 36.3 Å². The fraction of sp³-hybridized carbons (Fsp3) is 0.500. The molecule has 2 aromatic heterocycles. The van der Waals surface area contributed by atoms with Gasteiger partial charge in [0.15, 0.2) is 0 Å². The van der Waals surface area contributed by atoms with Gasteiger partial charge in [0.2, 0.25) is 0 Å². The Labute approximate surface area is 147 Å². The van der Waals surface area contributed by atoms with E-state index in [0.29, 0.717) is 45.5 Å². The van der Waals surface area contributed by atoms with Crippen molar-refractivity contribution in [3.8, 4) is 0 Å². The zero-order chi connectivity index (χ0) is 17.6. The number of piperidine rings is 1. The van der Waals surface area contributed by atoms with Crippen LogP contribution in [-0.4, -0.2) is 52.5 Å². The molecule has 7 heteroatoms. The van der Waals surface area contributed by atoms with Crippen molar-refractivity contribution in [2.24, 2.45) is 5.92 Å². The van der Waals surface area contributed by atoms with E-state index in [2.05, 4.69) is 10.3 Å². The summed E-state index contributed by atoms with van der Waals surface area (Å²) in [5, 5.41) is 2.94. The summed E-state index contributed by atoms with van der Waals surface area (Å²) in [6, 6.07) is 5.79. The van der Waals surface area contributed by atoms with Gasteiger partial charge in [-0.2, -0.15) is 0 Å². The summed E-state index contributed by atoms with van der Waals surface area (Å²) >= 11 is 0. The summed E-state index contributed by atoms with van der Waals surface area (Å²) in [5.41, 5.74) is 1.86. The lowest BCUT2D eigenvalue weighted by Crippen LogP contribution is -2.46. The molecule has 0 aromatic carbocycles. The molecule has 0 bridgehead atoms. The number of ether oxygens (including phenoxy) is 1. The van der Waals surface area contributed by atoms with Gasteiger partial charge in [0.05, 0.1) is 18.2 Å². The van der Waals surface area contributed by atoms with Gasteiger partial charge in [-0.25, -0.2) is 9.78 Å². The second-order valence-corrected chi connectivity index (χ2v) is 6.19. The molecule has 1 fully saturated rings. The van der Waals surface area contributed by atoms with Gasteiger partial charge in [-0.1, -0.05) is 6.07 Å². The molecule has 3 heterocycles. The second-order valence-electron chi connectivity index (χ2n) is 6.19. The van der Waals surface area contributed by atoms with Gasteiger partial charge in [-0.05, 0) is 31.9 Å². The number of pyridine rings is 1. The SMILES string of the molecule is CCOC(=O)C1CCN(C(=O)NCCc2cn3ccccc3n2)CC1.